The van der Waals surface area contributed by atoms with Crippen LogP contribution in [0.5, 0.6) is 5.95 Å². The summed E-state index contributed by atoms with van der Waals surface area (Å²) in [5, 5.41) is 29.3. The number of nitrogens with zero attached hydrogens (tertiary/aromatic N) is 3. The number of para-hydroxylation sites is 1. The first-order valence-electron chi connectivity index (χ1n) is 10.4. The van der Waals surface area contributed by atoms with Crippen LogP contribution in [0.4, 0.5) is 5.00 Å². The van der Waals surface area contributed by atoms with Crippen LogP contribution in [-0.4, -0.2) is 16.9 Å². The van der Waals surface area contributed by atoms with Crippen LogP contribution in [0.2, 0.25) is 0 Å². The normalized spacial score (nSPS) is 15.8. The van der Waals surface area contributed by atoms with Crippen molar-refractivity contribution in [1.82, 2.24) is 5.27 Å². The fraction of sp³-hybridized carbons (Fsp3) is 0.391. The lowest BCUT2D eigenvalue weighted by molar-refractivity contribution is -0.705. The number of thiophene rings is 1. The highest BCUT2D eigenvalue weighted by atomic mass is 32.2. The monoisotopic (exact) mass is 468 g/mol. The Hall–Kier alpha value is -2.83. The molecule has 0 fully saturated rings. The molecule has 166 valence electrons. The summed E-state index contributed by atoms with van der Waals surface area (Å²) >= 11 is 2.56. The molecule has 0 spiro atoms. The predicted molar refractivity (Wildman–Crippen MR) is 121 cm³/mol. The molecular weight excluding hydrogens is 444 g/mol. The molecule has 1 amide bonds. The smallest absolute Gasteiger partial charge is 0.298 e. The van der Waals surface area contributed by atoms with Gasteiger partial charge in [-0.3, -0.25) is 4.79 Å². The number of thioether (sulfide) groups is 1. The Labute approximate surface area is 195 Å². The molecule has 1 N–H and O–H groups in total. The molecule has 7 nitrogen and oxygen atoms in total. The van der Waals surface area contributed by atoms with Crippen molar-refractivity contribution in [3.8, 4) is 17.7 Å². The lowest BCUT2D eigenvalue weighted by Gasteiger charge is -2.33. The average molecular weight is 469 g/mol. The summed E-state index contributed by atoms with van der Waals surface area (Å²) in [5.41, 5.74) is 2.53. The number of nitriles is 1. The maximum absolute atomic E-state index is 12.7. The highest BCUT2D eigenvalue weighted by Crippen LogP contribution is 2.44. The van der Waals surface area contributed by atoms with E-state index in [1.54, 1.807) is 12.1 Å². The van der Waals surface area contributed by atoms with Crippen LogP contribution in [0.15, 0.2) is 39.9 Å². The molecule has 0 saturated carbocycles. The van der Waals surface area contributed by atoms with E-state index in [2.05, 4.69) is 37.4 Å². The lowest BCUT2D eigenvalue weighted by Crippen LogP contribution is -2.35. The molecule has 9 heteroatoms. The van der Waals surface area contributed by atoms with E-state index in [0.717, 1.165) is 36.6 Å². The van der Waals surface area contributed by atoms with E-state index in [0.29, 0.717) is 22.2 Å². The standard InChI is InChI=1S/C23H24N4O3S2/c1-23(2,3)14-9-10-16-17(12-24)20(32-18(16)11-14)25-19(28)13-31-21-22(29)30-26-27(21)15-7-5-4-6-8-15/h4-8,14H,9-11,13H2,1-3H3,(H-,25,26,28,29). The maximum Gasteiger partial charge on any atom is 0.298 e. The van der Waals surface area contributed by atoms with Gasteiger partial charge < -0.3 is 14.9 Å². The van der Waals surface area contributed by atoms with Gasteiger partial charge in [0.25, 0.3) is 5.03 Å². The third-order valence-corrected chi connectivity index (χ3v) is 7.96. The van der Waals surface area contributed by atoms with Crippen molar-refractivity contribution in [2.75, 3.05) is 11.1 Å². The van der Waals surface area contributed by atoms with E-state index < -0.39 is 5.95 Å². The van der Waals surface area contributed by atoms with Crippen LogP contribution < -0.4 is 15.1 Å². The van der Waals surface area contributed by atoms with Crippen LogP contribution in [0.25, 0.3) is 5.69 Å². The molecule has 0 saturated heterocycles. The molecule has 1 aliphatic rings. The fourth-order valence-electron chi connectivity index (χ4n) is 3.92. The van der Waals surface area contributed by atoms with Crippen LogP contribution in [0, 0.1) is 22.7 Å². The number of rotatable bonds is 5. The van der Waals surface area contributed by atoms with Gasteiger partial charge in [-0.25, -0.2) is 0 Å². The van der Waals surface area contributed by atoms with Gasteiger partial charge in [0.2, 0.25) is 11.6 Å². The summed E-state index contributed by atoms with van der Waals surface area (Å²) in [5.74, 6) is -0.319. The van der Waals surface area contributed by atoms with Gasteiger partial charge in [0.1, 0.15) is 11.1 Å². The third-order valence-electron chi connectivity index (χ3n) is 5.77. The molecule has 1 aliphatic carbocycles. The first kappa shape index (κ1) is 22.4. The summed E-state index contributed by atoms with van der Waals surface area (Å²) in [4.78, 5) is 13.9. The molecule has 2 heterocycles. The highest BCUT2D eigenvalue weighted by Gasteiger charge is 2.32. The second-order valence-electron chi connectivity index (χ2n) is 8.88. The Morgan fingerprint density at radius 2 is 2.16 bits per heavy atom. The zero-order valence-electron chi connectivity index (χ0n) is 18.2. The van der Waals surface area contributed by atoms with Gasteiger partial charge in [0, 0.05) is 17.0 Å². The molecule has 32 heavy (non-hydrogen) atoms. The van der Waals surface area contributed by atoms with Gasteiger partial charge in [-0.2, -0.15) is 5.26 Å². The molecule has 0 bridgehead atoms. The minimum absolute atomic E-state index is 0.00133. The number of carbonyl (C=O) groups is 1. The van der Waals surface area contributed by atoms with E-state index in [-0.39, 0.29) is 22.1 Å². The number of aromatic nitrogens is 2. The Morgan fingerprint density at radius 1 is 1.41 bits per heavy atom. The number of anilines is 1. The summed E-state index contributed by atoms with van der Waals surface area (Å²) in [7, 11) is 0. The molecule has 1 aromatic carbocycles. The van der Waals surface area contributed by atoms with Gasteiger partial charge in [-0.1, -0.05) is 39.0 Å². The van der Waals surface area contributed by atoms with Crippen LogP contribution in [0.1, 0.15) is 43.2 Å². The van der Waals surface area contributed by atoms with Crippen molar-refractivity contribution in [1.29, 1.82) is 5.26 Å². The van der Waals surface area contributed by atoms with Crippen molar-refractivity contribution < 1.29 is 19.1 Å². The fourth-order valence-corrected chi connectivity index (χ4v) is 5.97. The minimum atomic E-state index is -0.593. The van der Waals surface area contributed by atoms with E-state index in [1.807, 2.05) is 18.2 Å². The number of hydrogen-bond acceptors (Lipinski definition) is 7. The molecule has 1 atom stereocenters. The zero-order valence-corrected chi connectivity index (χ0v) is 19.8. The van der Waals surface area contributed by atoms with Crippen molar-refractivity contribution in [3.05, 3.63) is 46.3 Å². The quantitative estimate of drug-likeness (QED) is 0.450. The first-order chi connectivity index (χ1) is 15.3. The lowest BCUT2D eigenvalue weighted by atomic mass is 9.72. The third kappa shape index (κ3) is 4.52. The number of carbonyl (C=O) groups excluding carboxylic acids is 1. The molecule has 3 aromatic rings. The number of fused-ring (bicyclic) bond motifs is 1. The van der Waals surface area contributed by atoms with Crippen LogP contribution in [0.3, 0.4) is 0 Å². The van der Waals surface area contributed by atoms with E-state index in [9.17, 15) is 15.2 Å². The summed E-state index contributed by atoms with van der Waals surface area (Å²) in [6.07, 6.45) is 2.84. The SMILES string of the molecule is CC(C)(C)C1CCc2c(sc(NC(=O)CSc3c([O-])on[n+]3-c3ccccc3)c2C#N)C1. The Balaban J connectivity index is 1.47. The summed E-state index contributed by atoms with van der Waals surface area (Å²) in [6.45, 7) is 6.74. The number of nitrogens with one attached hydrogen (secondary N) is 1. The number of hydrogen-bond donors (Lipinski definition) is 1. The van der Waals surface area contributed by atoms with Crippen molar-refractivity contribution in [2.24, 2.45) is 11.3 Å². The van der Waals surface area contributed by atoms with Crippen molar-refractivity contribution in [3.63, 3.8) is 0 Å². The van der Waals surface area contributed by atoms with E-state index >= 15 is 0 Å². The maximum atomic E-state index is 12.7. The second kappa shape index (κ2) is 8.96. The molecule has 4 rings (SSSR count). The van der Waals surface area contributed by atoms with E-state index in [1.165, 1.54) is 20.9 Å². The Morgan fingerprint density at radius 3 is 2.84 bits per heavy atom. The van der Waals surface area contributed by atoms with Gasteiger partial charge in [0.15, 0.2) is 5.95 Å². The largest absolute Gasteiger partial charge is 0.538 e. The van der Waals surface area contributed by atoms with Crippen molar-refractivity contribution >= 4 is 34.0 Å². The van der Waals surface area contributed by atoms with Crippen molar-refractivity contribution in [2.45, 2.75) is 45.1 Å². The summed E-state index contributed by atoms with van der Waals surface area (Å²) < 4.78 is 6.18. The summed E-state index contributed by atoms with van der Waals surface area (Å²) in [6, 6.07) is 11.4. The number of amides is 1. The minimum Gasteiger partial charge on any atom is -0.538 e. The predicted octanol–water partition coefficient (Wildman–Crippen LogP) is 3.84. The Bertz CT molecular complexity index is 1170. The zero-order chi connectivity index (χ0) is 22.9. The molecule has 0 radical (unpaired) electrons. The highest BCUT2D eigenvalue weighted by molar-refractivity contribution is 7.99. The van der Waals surface area contributed by atoms with Gasteiger partial charge in [-0.15, -0.1) is 11.3 Å². The second-order valence-corrected chi connectivity index (χ2v) is 10.9. The average Bonchev–Trinajstić information content (AvgIpc) is 3.30. The molecule has 2 aromatic heterocycles. The molecule has 0 aliphatic heterocycles. The van der Waals surface area contributed by atoms with Gasteiger partial charge in [-0.05, 0) is 52.6 Å². The molecule has 1 unspecified atom stereocenters. The molecular formula is C23H24N4O3S2. The number of benzene rings is 1. The topological polar surface area (TPSA) is 106 Å². The van der Waals surface area contributed by atoms with Gasteiger partial charge >= 0.3 is 0 Å². The Kier molecular flexibility index (Phi) is 6.26. The van der Waals surface area contributed by atoms with Gasteiger partial charge in [0.05, 0.1) is 16.6 Å². The van der Waals surface area contributed by atoms with Crippen LogP contribution in [-0.2, 0) is 17.6 Å². The van der Waals surface area contributed by atoms with Crippen LogP contribution >= 0.6 is 23.1 Å². The van der Waals surface area contributed by atoms with E-state index in [4.69, 9.17) is 4.52 Å². The first-order valence-corrected chi connectivity index (χ1v) is 12.2.